The van der Waals surface area contributed by atoms with Gasteiger partial charge in [-0.1, -0.05) is 24.3 Å². The summed E-state index contributed by atoms with van der Waals surface area (Å²) in [6, 6.07) is 19.1. The van der Waals surface area contributed by atoms with Crippen molar-refractivity contribution in [3.8, 4) is 22.0 Å². The lowest BCUT2D eigenvalue weighted by atomic mass is 10.1. The molecule has 0 unspecified atom stereocenters. The number of hydrogen-bond acceptors (Lipinski definition) is 6. The van der Waals surface area contributed by atoms with Crippen molar-refractivity contribution in [3.63, 3.8) is 0 Å². The molecule has 0 amide bonds. The van der Waals surface area contributed by atoms with Crippen molar-refractivity contribution < 1.29 is 12.8 Å². The average Bonchev–Trinajstić information content (AvgIpc) is 3.43. The number of nitrogens with one attached hydrogen (secondary N) is 1. The number of thiophene rings is 1. The fourth-order valence-corrected chi connectivity index (χ4v) is 4.87. The van der Waals surface area contributed by atoms with E-state index in [1.54, 1.807) is 34.8 Å². The summed E-state index contributed by atoms with van der Waals surface area (Å²) in [6.07, 6.45) is 0. The van der Waals surface area contributed by atoms with Crippen LogP contribution >= 0.6 is 11.3 Å². The maximum absolute atomic E-state index is 13.4. The second-order valence-electron chi connectivity index (χ2n) is 6.63. The van der Waals surface area contributed by atoms with Gasteiger partial charge in [0.2, 0.25) is 0 Å². The second kappa shape index (κ2) is 7.56. The molecule has 0 saturated carbocycles. The molecule has 0 atom stereocenters. The van der Waals surface area contributed by atoms with E-state index < -0.39 is 15.8 Å². The van der Waals surface area contributed by atoms with Crippen LogP contribution in [0.25, 0.3) is 27.6 Å². The molecular weight excluding hydrogens is 437 g/mol. The van der Waals surface area contributed by atoms with Crippen LogP contribution in [0.5, 0.6) is 0 Å². The monoisotopic (exact) mass is 451 g/mol. The average molecular weight is 452 g/mol. The third kappa shape index (κ3) is 3.78. The predicted molar refractivity (Wildman–Crippen MR) is 117 cm³/mol. The zero-order valence-electron chi connectivity index (χ0n) is 15.8. The summed E-state index contributed by atoms with van der Waals surface area (Å²) >= 11 is 1.54. The first kappa shape index (κ1) is 19.3. The molecule has 5 rings (SSSR count). The van der Waals surface area contributed by atoms with E-state index in [-0.39, 0.29) is 4.90 Å². The number of nitrogens with zero attached hydrogens (tertiary/aromatic N) is 4. The molecule has 0 aliphatic heterocycles. The zero-order chi connectivity index (χ0) is 21.4. The predicted octanol–water partition coefficient (Wildman–Crippen LogP) is 4.46. The summed E-state index contributed by atoms with van der Waals surface area (Å²) in [6.45, 7) is 0. The highest BCUT2D eigenvalue weighted by Crippen LogP contribution is 2.26. The molecular formula is C21H14FN5O2S2. The molecule has 2 aromatic carbocycles. The van der Waals surface area contributed by atoms with Crippen LogP contribution in [0.3, 0.4) is 0 Å². The summed E-state index contributed by atoms with van der Waals surface area (Å²) in [5.74, 6) is 0.0134. The first-order chi connectivity index (χ1) is 15.0. The van der Waals surface area contributed by atoms with Gasteiger partial charge >= 0.3 is 0 Å². The number of fused-ring (bicyclic) bond motifs is 1. The van der Waals surface area contributed by atoms with E-state index in [1.165, 1.54) is 29.5 Å². The van der Waals surface area contributed by atoms with E-state index in [9.17, 15) is 12.8 Å². The Hall–Kier alpha value is -3.63. The van der Waals surface area contributed by atoms with Crippen molar-refractivity contribution in [2.45, 2.75) is 4.90 Å². The summed E-state index contributed by atoms with van der Waals surface area (Å²) in [5, 5.41) is 15.0. The van der Waals surface area contributed by atoms with Crippen LogP contribution in [0, 0.1) is 5.82 Å². The quantitative estimate of drug-likeness (QED) is 0.426. The topological polar surface area (TPSA) is 89.2 Å². The van der Waals surface area contributed by atoms with Crippen LogP contribution in [0.4, 0.5) is 10.1 Å². The van der Waals surface area contributed by atoms with Crippen molar-refractivity contribution in [2.75, 3.05) is 4.72 Å². The van der Waals surface area contributed by atoms with Gasteiger partial charge in [0.1, 0.15) is 5.82 Å². The number of anilines is 1. The molecule has 0 radical (unpaired) electrons. The largest absolute Gasteiger partial charge is 0.280 e. The van der Waals surface area contributed by atoms with Crippen molar-refractivity contribution in [1.29, 1.82) is 0 Å². The van der Waals surface area contributed by atoms with Gasteiger partial charge in [0, 0.05) is 11.3 Å². The Labute approximate surface area is 180 Å². The first-order valence-electron chi connectivity index (χ1n) is 9.15. The number of halogens is 1. The molecule has 0 saturated heterocycles. The van der Waals surface area contributed by atoms with Gasteiger partial charge in [-0.15, -0.1) is 21.5 Å². The third-order valence-corrected chi connectivity index (χ3v) is 6.77. The molecule has 10 heteroatoms. The summed E-state index contributed by atoms with van der Waals surface area (Å²) in [4.78, 5) is 0.788. The molecule has 0 spiro atoms. The Balaban J connectivity index is 1.50. The number of aromatic nitrogens is 4. The van der Waals surface area contributed by atoms with Gasteiger partial charge < -0.3 is 0 Å². The zero-order valence-corrected chi connectivity index (χ0v) is 17.4. The lowest BCUT2D eigenvalue weighted by molar-refractivity contribution is 0.595. The second-order valence-corrected chi connectivity index (χ2v) is 9.26. The maximum atomic E-state index is 13.4. The molecule has 3 heterocycles. The lowest BCUT2D eigenvalue weighted by Crippen LogP contribution is -2.13. The number of sulfonamides is 1. The van der Waals surface area contributed by atoms with Crippen molar-refractivity contribution >= 4 is 32.7 Å². The molecule has 0 bridgehead atoms. The molecule has 0 fully saturated rings. The van der Waals surface area contributed by atoms with Crippen LogP contribution < -0.4 is 4.72 Å². The lowest BCUT2D eigenvalue weighted by Gasteiger charge is -2.10. The normalized spacial score (nSPS) is 11.6. The van der Waals surface area contributed by atoms with Gasteiger partial charge in [0.05, 0.1) is 15.5 Å². The number of benzene rings is 2. The van der Waals surface area contributed by atoms with Gasteiger partial charge in [-0.25, -0.2) is 12.8 Å². The molecule has 0 aliphatic rings. The van der Waals surface area contributed by atoms with Gasteiger partial charge in [-0.3, -0.25) is 4.72 Å². The highest BCUT2D eigenvalue weighted by molar-refractivity contribution is 7.92. The summed E-state index contributed by atoms with van der Waals surface area (Å²) in [5.41, 5.74) is 2.27. The minimum atomic E-state index is -3.93. The Morgan fingerprint density at radius 1 is 0.935 bits per heavy atom. The van der Waals surface area contributed by atoms with Gasteiger partial charge in [-0.2, -0.15) is 9.61 Å². The molecule has 3 aromatic heterocycles. The highest BCUT2D eigenvalue weighted by Gasteiger charge is 2.16. The van der Waals surface area contributed by atoms with Crippen molar-refractivity contribution in [2.24, 2.45) is 0 Å². The van der Waals surface area contributed by atoms with Crippen LogP contribution in [0.2, 0.25) is 0 Å². The van der Waals surface area contributed by atoms with Crippen molar-refractivity contribution in [1.82, 2.24) is 19.8 Å². The first-order valence-corrected chi connectivity index (χ1v) is 11.5. The Morgan fingerprint density at radius 3 is 2.61 bits per heavy atom. The van der Waals surface area contributed by atoms with E-state index in [4.69, 9.17) is 0 Å². The van der Waals surface area contributed by atoms with E-state index in [0.29, 0.717) is 28.4 Å². The van der Waals surface area contributed by atoms with Crippen LogP contribution in [-0.2, 0) is 10.0 Å². The Morgan fingerprint density at radius 2 is 1.81 bits per heavy atom. The van der Waals surface area contributed by atoms with Crippen LogP contribution in [0.15, 0.2) is 83.1 Å². The smallest absolute Gasteiger partial charge is 0.261 e. The van der Waals surface area contributed by atoms with E-state index >= 15 is 0 Å². The SMILES string of the molecule is O=S(=O)(Nc1cccc(-c2ccc3nnc(-c4cccs4)n3n2)c1)c1cccc(F)c1. The Kier molecular flexibility index (Phi) is 4.72. The van der Waals surface area contributed by atoms with E-state index in [0.717, 1.165) is 10.9 Å². The fourth-order valence-electron chi connectivity index (χ4n) is 3.09. The van der Waals surface area contributed by atoms with E-state index in [1.807, 2.05) is 23.6 Å². The molecule has 7 nitrogen and oxygen atoms in total. The molecule has 154 valence electrons. The number of hydrogen-bond donors (Lipinski definition) is 1. The third-order valence-electron chi connectivity index (χ3n) is 4.52. The number of rotatable bonds is 5. The minimum absolute atomic E-state index is 0.150. The summed E-state index contributed by atoms with van der Waals surface area (Å²) in [7, 11) is -3.93. The minimum Gasteiger partial charge on any atom is -0.280 e. The maximum Gasteiger partial charge on any atom is 0.261 e. The van der Waals surface area contributed by atoms with Crippen molar-refractivity contribution in [3.05, 3.63) is 84.0 Å². The fraction of sp³-hybridized carbons (Fsp3) is 0. The van der Waals surface area contributed by atoms with Crippen LogP contribution in [0.1, 0.15) is 0 Å². The van der Waals surface area contributed by atoms with Gasteiger partial charge in [0.15, 0.2) is 11.5 Å². The van der Waals surface area contributed by atoms with Crippen LogP contribution in [-0.4, -0.2) is 28.2 Å². The molecule has 1 N–H and O–H groups in total. The van der Waals surface area contributed by atoms with E-state index in [2.05, 4.69) is 20.0 Å². The summed E-state index contributed by atoms with van der Waals surface area (Å²) < 4.78 is 42.8. The molecule has 31 heavy (non-hydrogen) atoms. The van der Waals surface area contributed by atoms with Gasteiger partial charge in [0.25, 0.3) is 10.0 Å². The molecule has 5 aromatic rings. The Bertz CT molecular complexity index is 1500. The van der Waals surface area contributed by atoms with Gasteiger partial charge in [-0.05, 0) is 53.9 Å². The highest BCUT2D eigenvalue weighted by atomic mass is 32.2. The molecule has 0 aliphatic carbocycles. The standard InChI is InChI=1S/C21H14FN5O2S2/c22-15-5-2-7-17(13-15)31(28,29)26-16-6-1-4-14(12-16)18-9-10-20-23-24-21(27(20)25-18)19-8-3-11-30-19/h1-13,26H.